The van der Waals surface area contributed by atoms with Crippen LogP contribution in [0.5, 0.6) is 0 Å². The van der Waals surface area contributed by atoms with E-state index in [0.29, 0.717) is 18.7 Å². The third-order valence-electron chi connectivity index (χ3n) is 3.89. The molecular formula is C18H27N3O3. The molecule has 0 aliphatic carbocycles. The molecule has 1 aliphatic rings. The molecule has 6 heteroatoms. The highest BCUT2D eigenvalue weighted by molar-refractivity contribution is 5.97. The average Bonchev–Trinajstić information content (AvgIpc) is 2.79. The maximum absolute atomic E-state index is 12.2. The van der Waals surface area contributed by atoms with Crippen molar-refractivity contribution in [3.05, 3.63) is 29.8 Å². The van der Waals surface area contributed by atoms with Gasteiger partial charge >= 0.3 is 6.09 Å². The molecule has 2 rings (SSSR count). The summed E-state index contributed by atoms with van der Waals surface area (Å²) < 4.78 is 5.45. The fraction of sp³-hybridized carbons (Fsp3) is 0.556. The van der Waals surface area contributed by atoms with Crippen molar-refractivity contribution in [2.24, 2.45) is 5.73 Å². The van der Waals surface area contributed by atoms with E-state index in [-0.39, 0.29) is 18.4 Å². The Morgan fingerprint density at radius 1 is 1.08 bits per heavy atom. The van der Waals surface area contributed by atoms with Crippen LogP contribution in [0.15, 0.2) is 24.3 Å². The normalized spacial score (nSPS) is 15.8. The summed E-state index contributed by atoms with van der Waals surface area (Å²) in [5.41, 5.74) is 6.59. The standard InChI is InChI=1S/C18H27N3O3/c1-18(2,3)24-17(23)21-10-4-9-20(11-12-21)15-7-5-14(6-8-15)16(22)13-19/h5-8H,4,9-13,19H2,1-3H3. The van der Waals surface area contributed by atoms with E-state index in [9.17, 15) is 9.59 Å². The van der Waals surface area contributed by atoms with Crippen molar-refractivity contribution in [1.29, 1.82) is 0 Å². The minimum Gasteiger partial charge on any atom is -0.444 e. The second-order valence-electron chi connectivity index (χ2n) is 6.98. The lowest BCUT2D eigenvalue weighted by Gasteiger charge is -2.27. The van der Waals surface area contributed by atoms with Gasteiger partial charge in [0.15, 0.2) is 5.78 Å². The Bertz CT molecular complexity index is 578. The van der Waals surface area contributed by atoms with Crippen LogP contribution in [0.1, 0.15) is 37.6 Å². The average molecular weight is 333 g/mol. The Balaban J connectivity index is 1.98. The van der Waals surface area contributed by atoms with Crippen LogP contribution in [0.3, 0.4) is 0 Å². The van der Waals surface area contributed by atoms with Crippen LogP contribution in [0.25, 0.3) is 0 Å². The summed E-state index contributed by atoms with van der Waals surface area (Å²) in [7, 11) is 0. The van der Waals surface area contributed by atoms with Gasteiger partial charge in [-0.2, -0.15) is 0 Å². The molecule has 1 fully saturated rings. The van der Waals surface area contributed by atoms with Crippen molar-refractivity contribution in [1.82, 2.24) is 4.90 Å². The molecule has 0 radical (unpaired) electrons. The predicted octanol–water partition coefficient (Wildman–Crippen LogP) is 2.28. The SMILES string of the molecule is CC(C)(C)OC(=O)N1CCCN(c2ccc(C(=O)CN)cc2)CC1. The number of nitrogens with zero attached hydrogens (tertiary/aromatic N) is 2. The fourth-order valence-corrected chi connectivity index (χ4v) is 2.66. The molecule has 0 bridgehead atoms. The highest BCUT2D eigenvalue weighted by atomic mass is 16.6. The van der Waals surface area contributed by atoms with E-state index in [1.165, 1.54) is 0 Å². The number of rotatable bonds is 3. The monoisotopic (exact) mass is 333 g/mol. The van der Waals surface area contributed by atoms with Crippen LogP contribution in [-0.4, -0.2) is 55.1 Å². The molecule has 1 aromatic rings. The topological polar surface area (TPSA) is 75.9 Å². The van der Waals surface area contributed by atoms with E-state index < -0.39 is 5.60 Å². The van der Waals surface area contributed by atoms with Gasteiger partial charge in [0, 0.05) is 37.4 Å². The van der Waals surface area contributed by atoms with Crippen molar-refractivity contribution in [3.8, 4) is 0 Å². The third-order valence-corrected chi connectivity index (χ3v) is 3.89. The van der Waals surface area contributed by atoms with Crippen LogP contribution >= 0.6 is 0 Å². The van der Waals surface area contributed by atoms with Gasteiger partial charge in [0.1, 0.15) is 5.60 Å². The second kappa shape index (κ2) is 7.66. The van der Waals surface area contributed by atoms with Crippen LogP contribution in [0, 0.1) is 0 Å². The first kappa shape index (κ1) is 18.3. The number of Topliss-reactive ketones (excluding diaryl/α,β-unsaturated/α-hetero) is 1. The zero-order valence-corrected chi connectivity index (χ0v) is 14.7. The molecule has 0 aromatic heterocycles. The van der Waals surface area contributed by atoms with E-state index in [2.05, 4.69) is 4.90 Å². The van der Waals surface area contributed by atoms with Gasteiger partial charge < -0.3 is 20.3 Å². The minimum atomic E-state index is -0.478. The lowest BCUT2D eigenvalue weighted by atomic mass is 10.1. The third kappa shape index (κ3) is 4.96. The molecule has 132 valence electrons. The molecule has 0 saturated carbocycles. The number of amides is 1. The van der Waals surface area contributed by atoms with Gasteiger partial charge in [-0.1, -0.05) is 0 Å². The van der Waals surface area contributed by atoms with E-state index in [4.69, 9.17) is 10.5 Å². The molecule has 0 atom stereocenters. The molecule has 6 nitrogen and oxygen atoms in total. The van der Waals surface area contributed by atoms with Crippen molar-refractivity contribution in [3.63, 3.8) is 0 Å². The Labute approximate surface area is 143 Å². The zero-order valence-electron chi connectivity index (χ0n) is 14.7. The summed E-state index contributed by atoms with van der Waals surface area (Å²) in [6, 6.07) is 7.49. The highest BCUT2D eigenvalue weighted by Gasteiger charge is 2.24. The Kier molecular flexibility index (Phi) is 5.83. The first-order valence-electron chi connectivity index (χ1n) is 8.36. The maximum atomic E-state index is 12.2. The molecule has 0 spiro atoms. The summed E-state index contributed by atoms with van der Waals surface area (Å²) >= 11 is 0. The summed E-state index contributed by atoms with van der Waals surface area (Å²) in [5.74, 6) is -0.0616. The molecule has 24 heavy (non-hydrogen) atoms. The van der Waals surface area contributed by atoms with E-state index in [0.717, 1.165) is 25.2 Å². The second-order valence-corrected chi connectivity index (χ2v) is 6.98. The largest absolute Gasteiger partial charge is 0.444 e. The van der Waals surface area contributed by atoms with Gasteiger partial charge in [0.05, 0.1) is 6.54 Å². The van der Waals surface area contributed by atoms with Crippen LogP contribution in [0.4, 0.5) is 10.5 Å². The minimum absolute atomic E-state index is 0.0217. The van der Waals surface area contributed by atoms with Crippen molar-refractivity contribution in [2.75, 3.05) is 37.6 Å². The lowest BCUT2D eigenvalue weighted by Crippen LogP contribution is -2.39. The van der Waals surface area contributed by atoms with Gasteiger partial charge in [-0.25, -0.2) is 4.79 Å². The Hall–Kier alpha value is -2.08. The molecular weight excluding hydrogens is 306 g/mol. The van der Waals surface area contributed by atoms with Crippen LogP contribution < -0.4 is 10.6 Å². The van der Waals surface area contributed by atoms with Crippen LogP contribution in [-0.2, 0) is 4.74 Å². The van der Waals surface area contributed by atoms with Gasteiger partial charge in [0.2, 0.25) is 0 Å². The molecule has 1 heterocycles. The number of carbonyl (C=O) groups excluding carboxylic acids is 2. The molecule has 2 N–H and O–H groups in total. The van der Waals surface area contributed by atoms with Crippen molar-refractivity contribution < 1.29 is 14.3 Å². The number of anilines is 1. The quantitative estimate of drug-likeness (QED) is 0.859. The Morgan fingerprint density at radius 3 is 2.33 bits per heavy atom. The van der Waals surface area contributed by atoms with Crippen molar-refractivity contribution in [2.45, 2.75) is 32.8 Å². The molecule has 1 saturated heterocycles. The molecule has 1 aromatic carbocycles. The van der Waals surface area contributed by atoms with E-state index in [1.807, 2.05) is 32.9 Å². The summed E-state index contributed by atoms with van der Waals surface area (Å²) in [5, 5.41) is 0. The highest BCUT2D eigenvalue weighted by Crippen LogP contribution is 2.19. The summed E-state index contributed by atoms with van der Waals surface area (Å²) in [4.78, 5) is 27.8. The van der Waals surface area contributed by atoms with Crippen molar-refractivity contribution >= 4 is 17.6 Å². The lowest BCUT2D eigenvalue weighted by molar-refractivity contribution is 0.0263. The number of benzene rings is 1. The molecule has 0 unspecified atom stereocenters. The number of ketones is 1. The molecule has 1 amide bonds. The van der Waals surface area contributed by atoms with Gasteiger partial charge in [0.25, 0.3) is 0 Å². The zero-order chi connectivity index (χ0) is 17.7. The van der Waals surface area contributed by atoms with Gasteiger partial charge in [-0.15, -0.1) is 0 Å². The predicted molar refractivity (Wildman–Crippen MR) is 94.5 cm³/mol. The van der Waals surface area contributed by atoms with Gasteiger partial charge in [-0.3, -0.25) is 4.79 Å². The number of carbonyl (C=O) groups is 2. The smallest absolute Gasteiger partial charge is 0.410 e. The first-order valence-corrected chi connectivity index (χ1v) is 8.36. The number of ether oxygens (including phenoxy) is 1. The summed E-state index contributed by atoms with van der Waals surface area (Å²) in [6.07, 6.45) is 0.621. The number of hydrogen-bond acceptors (Lipinski definition) is 5. The van der Waals surface area contributed by atoms with E-state index >= 15 is 0 Å². The summed E-state index contributed by atoms with van der Waals surface area (Å²) in [6.45, 7) is 8.56. The first-order chi connectivity index (χ1) is 11.3. The fourth-order valence-electron chi connectivity index (χ4n) is 2.66. The van der Waals surface area contributed by atoms with E-state index in [1.54, 1.807) is 17.0 Å². The molecule has 1 aliphatic heterocycles. The van der Waals surface area contributed by atoms with Gasteiger partial charge in [-0.05, 0) is 51.5 Å². The van der Waals surface area contributed by atoms with Crippen LogP contribution in [0.2, 0.25) is 0 Å². The maximum Gasteiger partial charge on any atom is 0.410 e. The number of nitrogens with two attached hydrogens (primary N) is 1. The number of hydrogen-bond donors (Lipinski definition) is 1. The Morgan fingerprint density at radius 2 is 1.75 bits per heavy atom.